The van der Waals surface area contributed by atoms with Gasteiger partial charge in [0.25, 0.3) is 0 Å². The molecule has 3 N–H and O–H groups in total. The van der Waals surface area contributed by atoms with Crippen molar-refractivity contribution in [3.63, 3.8) is 0 Å². The molecule has 5 aliphatic rings. The van der Waals surface area contributed by atoms with E-state index < -0.39 is 64.4 Å². The highest BCUT2D eigenvalue weighted by Gasteiger charge is 2.71. The van der Waals surface area contributed by atoms with E-state index in [9.17, 15) is 42.9 Å². The maximum absolute atomic E-state index is 17.4. The number of unbranched alkanes of at least 4 members (excludes halogenated alkanes) is 1. The van der Waals surface area contributed by atoms with Crippen LogP contribution in [0.4, 0.5) is 17.6 Å². The molecule has 0 aromatic heterocycles. The Labute approximate surface area is 332 Å². The van der Waals surface area contributed by atoms with Gasteiger partial charge in [-0.2, -0.15) is 13.2 Å². The third kappa shape index (κ3) is 8.60. The Morgan fingerprint density at radius 2 is 1.86 bits per heavy atom. The van der Waals surface area contributed by atoms with Crippen molar-refractivity contribution in [2.24, 2.45) is 46.3 Å². The molecule has 4 fully saturated rings. The average molecular weight is 801 g/mol. The minimum Gasteiger partial charge on any atom is -0.491 e. The number of aliphatic hydroxyl groups is 3. The largest absolute Gasteiger partial charge is 0.491 e. The summed E-state index contributed by atoms with van der Waals surface area (Å²) in [5.74, 6) is -2.13. The smallest absolute Gasteiger partial charge is 0.416 e. The highest BCUT2D eigenvalue weighted by Crippen LogP contribution is 2.69. The summed E-state index contributed by atoms with van der Waals surface area (Å²) in [7, 11) is 0. The lowest BCUT2D eigenvalue weighted by Crippen LogP contribution is -2.66. The van der Waals surface area contributed by atoms with Gasteiger partial charge in [-0.15, -0.1) is 0 Å². The number of rotatable bonds is 14. The molecule has 0 spiro atoms. The first-order valence-electron chi connectivity index (χ1n) is 20.4. The minimum atomic E-state index is -4.50. The number of ketones is 2. The first kappa shape index (κ1) is 43.0. The molecule has 0 heterocycles. The number of hydrogen-bond donors (Lipinski definition) is 3. The van der Waals surface area contributed by atoms with Crippen LogP contribution < -0.4 is 4.74 Å². The van der Waals surface area contributed by atoms with Crippen molar-refractivity contribution in [3.05, 3.63) is 77.9 Å². The van der Waals surface area contributed by atoms with E-state index in [2.05, 4.69) is 0 Å². The van der Waals surface area contributed by atoms with E-state index in [0.717, 1.165) is 18.6 Å². The zero-order valence-electron chi connectivity index (χ0n) is 32.9. The summed E-state index contributed by atoms with van der Waals surface area (Å²) in [4.78, 5) is 38.5. The summed E-state index contributed by atoms with van der Waals surface area (Å²) >= 11 is 0. The fourth-order valence-corrected chi connectivity index (χ4v) is 11.2. The minimum absolute atomic E-state index is 0.00388. The van der Waals surface area contributed by atoms with Gasteiger partial charge in [0.2, 0.25) is 0 Å². The van der Waals surface area contributed by atoms with Crippen LogP contribution in [-0.2, 0) is 25.3 Å². The molecule has 1 aromatic rings. The second-order valence-corrected chi connectivity index (χ2v) is 17.5. The molecule has 0 unspecified atom stereocenters. The molecule has 12 atom stereocenters. The van der Waals surface area contributed by atoms with E-state index in [0.29, 0.717) is 50.5 Å². The van der Waals surface area contributed by atoms with Crippen molar-refractivity contribution < 1.29 is 56.7 Å². The summed E-state index contributed by atoms with van der Waals surface area (Å²) in [5.41, 5.74) is -3.84. The van der Waals surface area contributed by atoms with E-state index in [1.165, 1.54) is 30.4 Å². The normalized spacial score (nSPS) is 36.8. The van der Waals surface area contributed by atoms with Crippen molar-refractivity contribution in [2.75, 3.05) is 13.2 Å². The number of fused-ring (bicyclic) bond motifs is 5. The monoisotopic (exact) mass is 800 g/mol. The quantitative estimate of drug-likeness (QED) is 0.0751. The number of ether oxygens (including phenoxy) is 2. The van der Waals surface area contributed by atoms with Crippen LogP contribution in [-0.4, -0.2) is 70.0 Å². The lowest BCUT2D eigenvalue weighted by molar-refractivity contribution is -0.196. The van der Waals surface area contributed by atoms with E-state index in [1.54, 1.807) is 19.1 Å². The molecule has 0 bridgehead atoms. The second kappa shape index (κ2) is 16.9. The van der Waals surface area contributed by atoms with Crippen molar-refractivity contribution >= 4 is 17.5 Å². The van der Waals surface area contributed by atoms with E-state index in [4.69, 9.17) is 9.47 Å². The third-order valence-corrected chi connectivity index (χ3v) is 14.0. The molecule has 0 amide bonds. The maximum atomic E-state index is 17.4. The lowest BCUT2D eigenvalue weighted by Gasteiger charge is -2.61. The molecule has 1 aromatic carbocycles. The molecule has 6 rings (SSSR count). The van der Waals surface area contributed by atoms with Gasteiger partial charge < -0.3 is 24.8 Å². The topological polar surface area (TPSA) is 130 Å². The number of halogens is 4. The van der Waals surface area contributed by atoms with Crippen LogP contribution in [0.3, 0.4) is 0 Å². The van der Waals surface area contributed by atoms with Gasteiger partial charge >= 0.3 is 12.1 Å². The molecule has 4 saturated carbocycles. The van der Waals surface area contributed by atoms with Crippen LogP contribution in [0.5, 0.6) is 5.75 Å². The lowest BCUT2D eigenvalue weighted by atomic mass is 9.45. The summed E-state index contributed by atoms with van der Waals surface area (Å²) in [6.45, 7) is 5.13. The molecular formula is C45H56F4O8. The predicted molar refractivity (Wildman–Crippen MR) is 204 cm³/mol. The Hall–Kier alpha value is -3.61. The number of allylic oxidation sites excluding steroid dienone is 6. The fraction of sp³-hybridized carbons (Fsp3) is 0.622. The van der Waals surface area contributed by atoms with Gasteiger partial charge in [-0.25, -0.2) is 4.39 Å². The zero-order chi connectivity index (χ0) is 41.3. The van der Waals surface area contributed by atoms with Gasteiger partial charge in [0.15, 0.2) is 17.2 Å². The number of carbonyl (C=O) groups excluding carboxylic acids is 3. The highest BCUT2D eigenvalue weighted by atomic mass is 19.4. The molecule has 0 saturated heterocycles. The highest BCUT2D eigenvalue weighted by molar-refractivity contribution is 6.01. The summed E-state index contributed by atoms with van der Waals surface area (Å²) in [5, 5.41) is 32.5. The first-order valence-corrected chi connectivity index (χ1v) is 20.4. The Balaban J connectivity index is 0.928. The summed E-state index contributed by atoms with van der Waals surface area (Å²) in [6, 6.07) is 4.44. The number of alkyl halides is 4. The van der Waals surface area contributed by atoms with Crippen molar-refractivity contribution in [1.29, 1.82) is 0 Å². The molecule has 0 radical (unpaired) electrons. The van der Waals surface area contributed by atoms with Crippen LogP contribution in [0.1, 0.15) is 90.5 Å². The van der Waals surface area contributed by atoms with Crippen LogP contribution in [0.2, 0.25) is 0 Å². The molecular weight excluding hydrogens is 744 g/mol. The Kier molecular flexibility index (Phi) is 12.8. The van der Waals surface area contributed by atoms with Gasteiger partial charge in [-0.05, 0) is 118 Å². The van der Waals surface area contributed by atoms with E-state index in [-0.39, 0.29) is 67.0 Å². The fourth-order valence-electron chi connectivity index (χ4n) is 11.2. The summed E-state index contributed by atoms with van der Waals surface area (Å²) < 4.78 is 67.1. The molecule has 12 heteroatoms. The van der Waals surface area contributed by atoms with Gasteiger partial charge in [-0.1, -0.05) is 55.9 Å². The second-order valence-electron chi connectivity index (χ2n) is 17.5. The number of esters is 1. The van der Waals surface area contributed by atoms with E-state index >= 15 is 4.39 Å². The van der Waals surface area contributed by atoms with Crippen LogP contribution >= 0.6 is 0 Å². The number of carbonyl (C=O) groups is 3. The number of hydrogen-bond acceptors (Lipinski definition) is 8. The molecule has 312 valence electrons. The van der Waals surface area contributed by atoms with Gasteiger partial charge in [0.1, 0.15) is 25.1 Å². The number of benzene rings is 1. The van der Waals surface area contributed by atoms with Crippen LogP contribution in [0.25, 0.3) is 0 Å². The average Bonchev–Trinajstić information content (AvgIpc) is 3.64. The molecule has 57 heavy (non-hydrogen) atoms. The van der Waals surface area contributed by atoms with Crippen LogP contribution in [0, 0.1) is 46.3 Å². The van der Waals surface area contributed by atoms with E-state index in [1.807, 2.05) is 26.0 Å². The Morgan fingerprint density at radius 1 is 1.09 bits per heavy atom. The number of aliphatic hydroxyl groups excluding tert-OH is 3. The van der Waals surface area contributed by atoms with Crippen molar-refractivity contribution in [3.8, 4) is 5.75 Å². The maximum Gasteiger partial charge on any atom is 0.416 e. The summed E-state index contributed by atoms with van der Waals surface area (Å²) in [6.07, 6.45) is 9.35. The van der Waals surface area contributed by atoms with Crippen molar-refractivity contribution in [1.82, 2.24) is 0 Å². The van der Waals surface area contributed by atoms with Crippen molar-refractivity contribution in [2.45, 2.75) is 115 Å². The Bertz CT molecular complexity index is 1790. The number of Topliss-reactive ketones (excluding diaryl/α,β-unsaturated/α-hetero) is 1. The van der Waals surface area contributed by atoms with Gasteiger partial charge in [0.05, 0.1) is 17.8 Å². The first-order chi connectivity index (χ1) is 26.9. The van der Waals surface area contributed by atoms with Gasteiger partial charge in [0, 0.05) is 29.6 Å². The Morgan fingerprint density at radius 3 is 2.61 bits per heavy atom. The SMILES string of the molecule is C[C@@H]1C[C@H]2[C@@H]3CCC4=CC(=O)C=C[C@]4(C)[C@@]3(F)[C@@H](O)C[C@]2(C)[C@H]1C(=O)COC(=O)CCC/C=C\C[C@H]1CC[C@@H](O)[C@@H]1/C=C/[C@@H](O)COc1cccc(C(F)(F)F)c1. The van der Waals surface area contributed by atoms with Gasteiger partial charge in [-0.3, -0.25) is 14.4 Å². The predicted octanol–water partition coefficient (Wildman–Crippen LogP) is 7.85. The molecule has 5 aliphatic carbocycles. The molecule has 0 aliphatic heterocycles. The third-order valence-electron chi connectivity index (χ3n) is 14.0. The van der Waals surface area contributed by atoms with Crippen LogP contribution in [0.15, 0.2) is 72.4 Å². The zero-order valence-corrected chi connectivity index (χ0v) is 32.9. The molecule has 8 nitrogen and oxygen atoms in total. The standard InChI is InChI=1S/C45H56F4O8/c1-27-21-36-35-17-14-29-22-31(50)19-20-43(29,3)44(35,46)39(54)24-42(36,2)41(27)38(53)26-57-40(55)12-7-5-4-6-9-28-13-18-37(52)34(28)16-15-32(51)25-56-33-11-8-10-30(23-33)45(47,48)49/h4,6,8,10-11,15-16,19-20,22-23,27-28,32,34-37,39,41,51-52,54H,5,7,9,12-14,17-18,21,24-26H2,1-3H3/b6-4-,16-15+/t27-,28+,32-,34-,35+,36+,37-,39+,41-,42+,43+,44+/m1/s1.